The summed E-state index contributed by atoms with van der Waals surface area (Å²) < 4.78 is 7.88. The summed E-state index contributed by atoms with van der Waals surface area (Å²) in [6, 6.07) is 25.8. The van der Waals surface area contributed by atoms with Crippen LogP contribution < -0.4 is 4.74 Å². The van der Waals surface area contributed by atoms with E-state index in [-0.39, 0.29) is 5.92 Å². The van der Waals surface area contributed by atoms with E-state index in [2.05, 4.69) is 73.9 Å². The van der Waals surface area contributed by atoms with Crippen LogP contribution in [0, 0.1) is 5.92 Å². The Bertz CT molecular complexity index is 1170. The summed E-state index contributed by atoms with van der Waals surface area (Å²) in [5.41, 5.74) is 6.42. The molecule has 0 fully saturated rings. The van der Waals surface area contributed by atoms with Gasteiger partial charge in [0.2, 0.25) is 0 Å². The van der Waals surface area contributed by atoms with E-state index in [0.717, 1.165) is 23.7 Å². The van der Waals surface area contributed by atoms with E-state index in [1.54, 1.807) is 7.11 Å². The predicted octanol–water partition coefficient (Wildman–Crippen LogP) is 7.70. The molecule has 4 aromatic rings. The van der Waals surface area contributed by atoms with Crippen LogP contribution in [0.2, 0.25) is 5.02 Å². The standard InChI is InChI=1S/C28H30ClNO/c1-19(2)14-21-8-10-23(11-9-21)20(3)28-17-24-16-26(31-4)12-13-27(24)30(28)18-22-6-5-7-25(29)15-22/h5-13,15-17,19-20H,14,18H2,1-4H3. The number of methoxy groups -OCH3 is 1. The lowest BCUT2D eigenvalue weighted by atomic mass is 9.94. The predicted molar refractivity (Wildman–Crippen MR) is 132 cm³/mol. The number of nitrogens with zero attached hydrogens (tertiary/aromatic N) is 1. The SMILES string of the molecule is COc1ccc2c(c1)cc(C(C)c1ccc(CC(C)C)cc1)n2Cc1cccc(Cl)c1. The minimum absolute atomic E-state index is 0.269. The highest BCUT2D eigenvalue weighted by Crippen LogP contribution is 2.33. The number of aromatic nitrogens is 1. The van der Waals surface area contributed by atoms with Crippen molar-refractivity contribution in [1.29, 1.82) is 0 Å². The van der Waals surface area contributed by atoms with Crippen LogP contribution in [-0.2, 0) is 13.0 Å². The lowest BCUT2D eigenvalue weighted by molar-refractivity contribution is 0.415. The normalized spacial score (nSPS) is 12.5. The first-order valence-electron chi connectivity index (χ1n) is 10.9. The Balaban J connectivity index is 1.76. The number of ether oxygens (including phenoxy) is 1. The van der Waals surface area contributed by atoms with Crippen molar-refractivity contribution in [2.75, 3.05) is 7.11 Å². The molecule has 0 radical (unpaired) electrons. The van der Waals surface area contributed by atoms with Gasteiger partial charge in [0.1, 0.15) is 5.75 Å². The molecule has 160 valence electrons. The second kappa shape index (κ2) is 9.20. The second-order valence-electron chi connectivity index (χ2n) is 8.77. The van der Waals surface area contributed by atoms with Gasteiger partial charge in [0, 0.05) is 34.1 Å². The minimum atomic E-state index is 0.269. The van der Waals surface area contributed by atoms with Gasteiger partial charge >= 0.3 is 0 Å². The third-order valence-electron chi connectivity index (χ3n) is 5.94. The van der Waals surface area contributed by atoms with E-state index in [9.17, 15) is 0 Å². The van der Waals surface area contributed by atoms with Crippen molar-refractivity contribution in [3.8, 4) is 5.75 Å². The first-order chi connectivity index (χ1) is 14.9. The average molecular weight is 432 g/mol. The van der Waals surface area contributed by atoms with E-state index >= 15 is 0 Å². The Morgan fingerprint density at radius 3 is 2.32 bits per heavy atom. The maximum absolute atomic E-state index is 6.27. The molecule has 31 heavy (non-hydrogen) atoms. The summed E-state index contributed by atoms with van der Waals surface area (Å²) in [5, 5.41) is 1.96. The molecule has 1 aromatic heterocycles. The fraction of sp³-hybridized carbons (Fsp3) is 0.286. The Hall–Kier alpha value is -2.71. The highest BCUT2D eigenvalue weighted by Gasteiger charge is 2.17. The van der Waals surface area contributed by atoms with Gasteiger partial charge in [0.05, 0.1) is 7.11 Å². The molecular formula is C28H30ClNO. The van der Waals surface area contributed by atoms with Crippen LogP contribution in [-0.4, -0.2) is 11.7 Å². The monoisotopic (exact) mass is 431 g/mol. The van der Waals surface area contributed by atoms with Gasteiger partial charge in [0.15, 0.2) is 0 Å². The highest BCUT2D eigenvalue weighted by atomic mass is 35.5. The number of hydrogen-bond acceptors (Lipinski definition) is 1. The minimum Gasteiger partial charge on any atom is -0.497 e. The van der Waals surface area contributed by atoms with E-state index in [0.29, 0.717) is 5.92 Å². The molecule has 4 rings (SSSR count). The van der Waals surface area contributed by atoms with E-state index in [4.69, 9.17) is 16.3 Å². The zero-order chi connectivity index (χ0) is 22.0. The van der Waals surface area contributed by atoms with E-state index in [1.807, 2.05) is 24.3 Å². The Morgan fingerprint density at radius 1 is 0.871 bits per heavy atom. The van der Waals surface area contributed by atoms with Crippen molar-refractivity contribution in [3.63, 3.8) is 0 Å². The van der Waals surface area contributed by atoms with Crippen molar-refractivity contribution in [3.05, 3.63) is 100 Å². The molecule has 0 aliphatic rings. The van der Waals surface area contributed by atoms with Gasteiger partial charge in [-0.3, -0.25) is 0 Å². The van der Waals surface area contributed by atoms with Gasteiger partial charge in [-0.1, -0.05) is 68.8 Å². The molecule has 0 aliphatic carbocycles. The first kappa shape index (κ1) is 21.5. The Morgan fingerprint density at radius 2 is 1.65 bits per heavy atom. The third-order valence-corrected chi connectivity index (χ3v) is 6.17. The maximum Gasteiger partial charge on any atom is 0.119 e. The molecule has 2 nitrogen and oxygen atoms in total. The summed E-state index contributed by atoms with van der Waals surface area (Å²) in [7, 11) is 1.71. The number of fused-ring (bicyclic) bond motifs is 1. The Kier molecular flexibility index (Phi) is 6.38. The summed E-state index contributed by atoms with van der Waals surface area (Å²) in [4.78, 5) is 0. The summed E-state index contributed by atoms with van der Waals surface area (Å²) in [6.07, 6.45) is 1.11. The molecule has 3 aromatic carbocycles. The average Bonchev–Trinajstić information content (AvgIpc) is 3.11. The smallest absolute Gasteiger partial charge is 0.119 e. The second-order valence-corrected chi connectivity index (χ2v) is 9.21. The molecule has 0 N–H and O–H groups in total. The van der Waals surface area contributed by atoms with Gasteiger partial charge in [-0.05, 0) is 65.4 Å². The third kappa shape index (κ3) is 4.80. The fourth-order valence-electron chi connectivity index (χ4n) is 4.33. The summed E-state index contributed by atoms with van der Waals surface area (Å²) in [6.45, 7) is 7.59. The van der Waals surface area contributed by atoms with Crippen molar-refractivity contribution < 1.29 is 4.74 Å². The van der Waals surface area contributed by atoms with Crippen LogP contribution in [0.25, 0.3) is 10.9 Å². The van der Waals surface area contributed by atoms with Crippen molar-refractivity contribution in [2.24, 2.45) is 5.92 Å². The van der Waals surface area contributed by atoms with E-state index < -0.39 is 0 Å². The molecule has 0 spiro atoms. The molecule has 1 heterocycles. The molecule has 1 atom stereocenters. The highest BCUT2D eigenvalue weighted by molar-refractivity contribution is 6.30. The van der Waals surface area contributed by atoms with Crippen molar-refractivity contribution in [2.45, 2.75) is 39.7 Å². The lowest BCUT2D eigenvalue weighted by Crippen LogP contribution is -2.08. The quantitative estimate of drug-likeness (QED) is 0.292. The molecule has 0 aliphatic heterocycles. The molecule has 0 saturated heterocycles. The number of rotatable bonds is 7. The fourth-order valence-corrected chi connectivity index (χ4v) is 4.55. The van der Waals surface area contributed by atoms with E-state index in [1.165, 1.54) is 33.3 Å². The van der Waals surface area contributed by atoms with Gasteiger partial charge < -0.3 is 9.30 Å². The zero-order valence-corrected chi connectivity index (χ0v) is 19.5. The zero-order valence-electron chi connectivity index (χ0n) is 18.7. The van der Waals surface area contributed by atoms with Gasteiger partial charge in [-0.15, -0.1) is 0 Å². The molecular weight excluding hydrogens is 402 g/mol. The number of halogens is 1. The van der Waals surface area contributed by atoms with Gasteiger partial charge in [0.25, 0.3) is 0 Å². The molecule has 0 amide bonds. The maximum atomic E-state index is 6.27. The van der Waals surface area contributed by atoms with Gasteiger partial charge in [-0.25, -0.2) is 0 Å². The first-order valence-corrected chi connectivity index (χ1v) is 11.3. The number of hydrogen-bond donors (Lipinski definition) is 0. The molecule has 0 saturated carbocycles. The topological polar surface area (TPSA) is 14.2 Å². The largest absolute Gasteiger partial charge is 0.497 e. The molecule has 1 unspecified atom stereocenters. The summed E-state index contributed by atoms with van der Waals surface area (Å²) in [5.74, 6) is 1.81. The van der Waals surface area contributed by atoms with Crippen molar-refractivity contribution in [1.82, 2.24) is 4.57 Å². The molecule has 3 heteroatoms. The summed E-state index contributed by atoms with van der Waals surface area (Å²) >= 11 is 6.27. The van der Waals surface area contributed by atoms with Crippen LogP contribution in [0.15, 0.2) is 72.8 Å². The number of benzene rings is 3. The van der Waals surface area contributed by atoms with Crippen LogP contribution in [0.4, 0.5) is 0 Å². The van der Waals surface area contributed by atoms with Crippen LogP contribution in [0.1, 0.15) is 49.1 Å². The van der Waals surface area contributed by atoms with Crippen LogP contribution in [0.5, 0.6) is 5.75 Å². The van der Waals surface area contributed by atoms with Crippen LogP contribution in [0.3, 0.4) is 0 Å². The van der Waals surface area contributed by atoms with Crippen molar-refractivity contribution >= 4 is 22.5 Å². The molecule has 0 bridgehead atoms. The van der Waals surface area contributed by atoms with Gasteiger partial charge in [-0.2, -0.15) is 0 Å². The lowest BCUT2D eigenvalue weighted by Gasteiger charge is -2.18. The Labute approximate surface area is 190 Å². The van der Waals surface area contributed by atoms with Crippen LogP contribution >= 0.6 is 11.6 Å².